The van der Waals surface area contributed by atoms with Gasteiger partial charge in [-0.25, -0.2) is 0 Å². The Morgan fingerprint density at radius 3 is 2.58 bits per heavy atom. The van der Waals surface area contributed by atoms with E-state index in [9.17, 15) is 13.2 Å². The zero-order chi connectivity index (χ0) is 18.3. The van der Waals surface area contributed by atoms with Crippen molar-refractivity contribution >= 4 is 29.9 Å². The molecular formula is C18H34F3IN4. The molecule has 1 heterocycles. The van der Waals surface area contributed by atoms with Gasteiger partial charge in [-0.2, -0.15) is 13.2 Å². The van der Waals surface area contributed by atoms with E-state index in [4.69, 9.17) is 0 Å². The highest BCUT2D eigenvalue weighted by Gasteiger charge is 2.34. The molecule has 1 saturated carbocycles. The lowest BCUT2D eigenvalue weighted by Crippen LogP contribution is -2.41. The minimum absolute atomic E-state index is 0. The Kier molecular flexibility index (Phi) is 10.6. The normalized spacial score (nSPS) is 27.9. The van der Waals surface area contributed by atoms with Gasteiger partial charge in [-0.15, -0.1) is 24.0 Å². The zero-order valence-corrected chi connectivity index (χ0v) is 18.3. The van der Waals surface area contributed by atoms with E-state index in [-0.39, 0.29) is 29.9 Å². The lowest BCUT2D eigenvalue weighted by Gasteiger charge is -2.27. The van der Waals surface area contributed by atoms with Crippen LogP contribution in [0, 0.1) is 17.8 Å². The molecule has 0 aromatic carbocycles. The molecule has 0 bridgehead atoms. The number of nitrogens with one attached hydrogen (secondary N) is 2. The fourth-order valence-electron chi connectivity index (χ4n) is 4.15. The van der Waals surface area contributed by atoms with E-state index < -0.39 is 12.7 Å². The number of halogens is 4. The third kappa shape index (κ3) is 9.10. The Morgan fingerprint density at radius 1 is 1.15 bits per heavy atom. The van der Waals surface area contributed by atoms with Crippen LogP contribution in [0.2, 0.25) is 0 Å². The minimum atomic E-state index is -4.10. The van der Waals surface area contributed by atoms with Crippen molar-refractivity contribution in [3.8, 4) is 0 Å². The molecule has 0 spiro atoms. The Labute approximate surface area is 172 Å². The second-order valence-electron chi connectivity index (χ2n) is 7.81. The number of hydrogen-bond donors (Lipinski definition) is 2. The van der Waals surface area contributed by atoms with Crippen molar-refractivity contribution in [2.45, 2.75) is 51.6 Å². The minimum Gasteiger partial charge on any atom is -0.356 e. The molecule has 2 N–H and O–H groups in total. The Morgan fingerprint density at radius 2 is 1.92 bits per heavy atom. The first-order valence-electron chi connectivity index (χ1n) is 9.59. The van der Waals surface area contributed by atoms with E-state index in [1.54, 1.807) is 7.05 Å². The van der Waals surface area contributed by atoms with Gasteiger partial charge in [-0.1, -0.05) is 26.2 Å². The summed E-state index contributed by atoms with van der Waals surface area (Å²) >= 11 is 0. The largest absolute Gasteiger partial charge is 0.401 e. The second-order valence-corrected chi connectivity index (χ2v) is 7.81. The van der Waals surface area contributed by atoms with Crippen molar-refractivity contribution in [3.63, 3.8) is 0 Å². The maximum Gasteiger partial charge on any atom is 0.401 e. The summed E-state index contributed by atoms with van der Waals surface area (Å²) in [7, 11) is 1.74. The highest BCUT2D eigenvalue weighted by Crippen LogP contribution is 2.30. The molecule has 1 aliphatic heterocycles. The third-order valence-corrected chi connectivity index (χ3v) is 5.44. The van der Waals surface area contributed by atoms with Crippen LogP contribution in [0.5, 0.6) is 0 Å². The fourth-order valence-corrected chi connectivity index (χ4v) is 4.15. The lowest BCUT2D eigenvalue weighted by molar-refractivity contribution is -0.143. The number of aliphatic imine (C=N–C) groups is 1. The van der Waals surface area contributed by atoms with Crippen LogP contribution >= 0.6 is 24.0 Å². The van der Waals surface area contributed by atoms with Gasteiger partial charge >= 0.3 is 6.18 Å². The molecule has 0 aromatic rings. The number of likely N-dealkylation sites (tertiary alicyclic amines) is 1. The fraction of sp³-hybridized carbons (Fsp3) is 0.944. The van der Waals surface area contributed by atoms with E-state index in [1.807, 2.05) is 0 Å². The first kappa shape index (κ1) is 23.8. The van der Waals surface area contributed by atoms with Crippen molar-refractivity contribution in [3.05, 3.63) is 0 Å². The quantitative estimate of drug-likeness (QED) is 0.338. The van der Waals surface area contributed by atoms with Gasteiger partial charge in [0.05, 0.1) is 6.54 Å². The molecule has 1 aliphatic carbocycles. The Balaban J connectivity index is 0.00000338. The van der Waals surface area contributed by atoms with Gasteiger partial charge < -0.3 is 10.6 Å². The second kappa shape index (κ2) is 11.6. The molecule has 26 heavy (non-hydrogen) atoms. The summed E-state index contributed by atoms with van der Waals surface area (Å²) in [6.45, 7) is 4.15. The number of guanidine groups is 1. The predicted molar refractivity (Wildman–Crippen MR) is 111 cm³/mol. The van der Waals surface area contributed by atoms with Crippen molar-refractivity contribution in [2.75, 3.05) is 39.8 Å². The van der Waals surface area contributed by atoms with E-state index in [2.05, 4.69) is 22.5 Å². The van der Waals surface area contributed by atoms with Gasteiger partial charge in [0.15, 0.2) is 5.96 Å². The Hall–Kier alpha value is -0.250. The smallest absolute Gasteiger partial charge is 0.356 e. The average Bonchev–Trinajstić information content (AvgIpc) is 2.96. The van der Waals surface area contributed by atoms with Gasteiger partial charge in [0.25, 0.3) is 0 Å². The van der Waals surface area contributed by atoms with Gasteiger partial charge in [-0.05, 0) is 43.6 Å². The Bertz CT molecular complexity index is 431. The van der Waals surface area contributed by atoms with Gasteiger partial charge in [0, 0.05) is 26.7 Å². The van der Waals surface area contributed by atoms with Crippen LogP contribution < -0.4 is 10.6 Å². The molecule has 4 nitrogen and oxygen atoms in total. The SMILES string of the molecule is CN=C(NCCC1CCCC(C)C1)NCC1CCN(CC(F)(F)F)C1.I. The molecule has 0 amide bonds. The molecule has 0 aromatic heterocycles. The predicted octanol–water partition coefficient (Wildman–Crippen LogP) is 3.87. The molecule has 154 valence electrons. The molecule has 0 radical (unpaired) electrons. The first-order valence-corrected chi connectivity index (χ1v) is 9.59. The van der Waals surface area contributed by atoms with Crippen LogP contribution in [-0.2, 0) is 0 Å². The van der Waals surface area contributed by atoms with Crippen molar-refractivity contribution in [2.24, 2.45) is 22.7 Å². The topological polar surface area (TPSA) is 39.7 Å². The monoisotopic (exact) mass is 490 g/mol. The number of rotatable bonds is 6. The van der Waals surface area contributed by atoms with E-state index >= 15 is 0 Å². The summed E-state index contributed by atoms with van der Waals surface area (Å²) in [6.07, 6.45) is 3.22. The van der Waals surface area contributed by atoms with Crippen LogP contribution in [-0.4, -0.2) is 56.8 Å². The summed E-state index contributed by atoms with van der Waals surface area (Å²) in [5.74, 6) is 2.66. The summed E-state index contributed by atoms with van der Waals surface area (Å²) in [5, 5.41) is 6.62. The summed E-state index contributed by atoms with van der Waals surface area (Å²) in [5.41, 5.74) is 0. The van der Waals surface area contributed by atoms with E-state index in [1.165, 1.54) is 30.6 Å². The molecule has 2 aliphatic rings. The van der Waals surface area contributed by atoms with Gasteiger partial charge in [0.2, 0.25) is 0 Å². The molecule has 3 atom stereocenters. The number of alkyl halides is 3. The summed E-state index contributed by atoms with van der Waals surface area (Å²) in [6, 6.07) is 0. The molecule has 1 saturated heterocycles. The van der Waals surface area contributed by atoms with Crippen LogP contribution in [0.3, 0.4) is 0 Å². The van der Waals surface area contributed by atoms with E-state index in [0.29, 0.717) is 19.6 Å². The van der Waals surface area contributed by atoms with Crippen LogP contribution in [0.1, 0.15) is 45.4 Å². The maximum absolute atomic E-state index is 12.4. The van der Waals surface area contributed by atoms with Crippen LogP contribution in [0.25, 0.3) is 0 Å². The van der Waals surface area contributed by atoms with Gasteiger partial charge in [0.1, 0.15) is 0 Å². The van der Waals surface area contributed by atoms with Crippen molar-refractivity contribution in [1.82, 2.24) is 15.5 Å². The van der Waals surface area contributed by atoms with Crippen LogP contribution in [0.15, 0.2) is 4.99 Å². The third-order valence-electron chi connectivity index (χ3n) is 5.44. The van der Waals surface area contributed by atoms with Crippen molar-refractivity contribution in [1.29, 1.82) is 0 Å². The molecule has 2 fully saturated rings. The first-order chi connectivity index (χ1) is 11.9. The standard InChI is InChI=1S/C18H33F3N4.HI/c1-14-4-3-5-15(10-14)6-8-23-17(22-2)24-11-16-7-9-25(12-16)13-18(19,20)21;/h14-16H,3-13H2,1-2H3,(H2,22,23,24);1H. The van der Waals surface area contributed by atoms with E-state index in [0.717, 1.165) is 37.2 Å². The average molecular weight is 490 g/mol. The number of nitrogens with zero attached hydrogens (tertiary/aromatic N) is 2. The highest BCUT2D eigenvalue weighted by molar-refractivity contribution is 14.0. The molecular weight excluding hydrogens is 456 g/mol. The summed E-state index contributed by atoms with van der Waals surface area (Å²) in [4.78, 5) is 5.72. The van der Waals surface area contributed by atoms with Crippen molar-refractivity contribution < 1.29 is 13.2 Å². The zero-order valence-electron chi connectivity index (χ0n) is 15.9. The number of hydrogen-bond acceptors (Lipinski definition) is 2. The molecule has 3 unspecified atom stereocenters. The lowest BCUT2D eigenvalue weighted by atomic mass is 9.81. The van der Waals surface area contributed by atoms with Crippen LogP contribution in [0.4, 0.5) is 13.2 Å². The summed E-state index contributed by atoms with van der Waals surface area (Å²) < 4.78 is 37.3. The molecule has 2 rings (SSSR count). The molecule has 8 heteroatoms. The maximum atomic E-state index is 12.4. The highest BCUT2D eigenvalue weighted by atomic mass is 127. The van der Waals surface area contributed by atoms with Gasteiger partial charge in [-0.3, -0.25) is 9.89 Å².